The number of H-pyrrole nitrogens is 2. The molecule has 2 atom stereocenters. The molecule has 4 rings (SSSR count). The number of ether oxygens (including phenoxy) is 5. The van der Waals surface area contributed by atoms with Crippen molar-refractivity contribution in [1.29, 1.82) is 5.41 Å². The molecule has 16 nitrogen and oxygen atoms in total. The van der Waals surface area contributed by atoms with E-state index in [-0.39, 0.29) is 24.7 Å². The maximum Gasteiger partial charge on any atom is 0.326 e. The number of amides is 1. The van der Waals surface area contributed by atoms with Gasteiger partial charge in [-0.05, 0) is 88.4 Å². The lowest BCUT2D eigenvalue weighted by molar-refractivity contribution is -0.147. The second-order valence-electron chi connectivity index (χ2n) is 13.9. The summed E-state index contributed by atoms with van der Waals surface area (Å²) >= 11 is 0. The lowest BCUT2D eigenvalue weighted by atomic mass is 10.0. The second-order valence-corrected chi connectivity index (χ2v) is 13.9. The minimum absolute atomic E-state index is 0.0835. The molecule has 1 aromatic carbocycles. The first kappa shape index (κ1) is 44.9. The first-order valence-electron chi connectivity index (χ1n) is 18.9. The van der Waals surface area contributed by atoms with Gasteiger partial charge in [0.1, 0.15) is 12.6 Å². The van der Waals surface area contributed by atoms with Crippen molar-refractivity contribution < 1.29 is 48.3 Å². The van der Waals surface area contributed by atoms with Gasteiger partial charge < -0.3 is 54.6 Å². The van der Waals surface area contributed by atoms with Gasteiger partial charge in [0.05, 0.1) is 68.5 Å². The van der Waals surface area contributed by atoms with Crippen molar-refractivity contribution in [1.82, 2.24) is 15.3 Å². The van der Waals surface area contributed by atoms with Gasteiger partial charge in [0.15, 0.2) is 17.6 Å². The van der Waals surface area contributed by atoms with Crippen LogP contribution in [0.15, 0.2) is 33.3 Å². The summed E-state index contributed by atoms with van der Waals surface area (Å²) in [6.45, 7) is 15.2. The first-order chi connectivity index (χ1) is 27.6. The van der Waals surface area contributed by atoms with Gasteiger partial charge >= 0.3 is 11.9 Å². The van der Waals surface area contributed by atoms with E-state index in [1.54, 1.807) is 31.7 Å². The molecule has 3 aromatic rings. The van der Waals surface area contributed by atoms with Crippen molar-refractivity contribution in [2.75, 3.05) is 46.8 Å². The molecule has 16 heteroatoms. The molecule has 6 N–H and O–H groups in total. The van der Waals surface area contributed by atoms with E-state index in [1.807, 2.05) is 40.7 Å². The van der Waals surface area contributed by atoms with Crippen LogP contribution < -0.4 is 25.5 Å². The standard InChI is InChI=1S/C42H54N6O10/c1-23-9-10-44-34-20-39(58-29(7)41(51)48-36(42(52)53)21-40(49)50)38(57-16-15-56-14-13-55-12-11-54-8)19-35(34)45-22-37-28(6)27(5)33(47-37)18-32-26(4)25(3)31(46-32)17-30(43)24(23)2/h10,17-20,22,29,36,43,46-47H,9,11-16,21H2,1-8H3,(H,48,51)(H,49,50)(H,52,53)/b24-23-,31-17-,32-18-,43-30?,44-10?,45-22?. The third-order valence-electron chi connectivity index (χ3n) is 9.86. The van der Waals surface area contributed by atoms with Crippen molar-refractivity contribution in [3.05, 3.63) is 67.6 Å². The van der Waals surface area contributed by atoms with Crippen LogP contribution in [0.4, 0.5) is 11.4 Å². The third kappa shape index (κ3) is 12.1. The Morgan fingerprint density at radius 2 is 1.41 bits per heavy atom. The molecule has 58 heavy (non-hydrogen) atoms. The summed E-state index contributed by atoms with van der Waals surface area (Å²) in [4.78, 5) is 52.6. The minimum atomic E-state index is -1.67. The normalized spacial score (nSPS) is 16.5. The molecule has 0 saturated heterocycles. The van der Waals surface area contributed by atoms with E-state index >= 15 is 0 Å². The van der Waals surface area contributed by atoms with Crippen LogP contribution >= 0.6 is 0 Å². The predicted molar refractivity (Wildman–Crippen MR) is 221 cm³/mol. The Morgan fingerprint density at radius 3 is 2.07 bits per heavy atom. The molecule has 1 aliphatic rings. The Labute approximate surface area is 337 Å². The molecule has 4 bridgehead atoms. The van der Waals surface area contributed by atoms with Crippen LogP contribution in [0, 0.1) is 33.1 Å². The van der Waals surface area contributed by atoms with Gasteiger partial charge in [-0.3, -0.25) is 19.6 Å². The zero-order valence-electron chi connectivity index (χ0n) is 34.3. The monoisotopic (exact) mass is 802 g/mol. The van der Waals surface area contributed by atoms with Crippen molar-refractivity contribution in [3.8, 4) is 11.5 Å². The van der Waals surface area contributed by atoms with Crippen molar-refractivity contribution in [2.45, 2.75) is 73.5 Å². The smallest absolute Gasteiger partial charge is 0.326 e. The van der Waals surface area contributed by atoms with Crippen LogP contribution in [-0.2, 0) is 28.6 Å². The fourth-order valence-electron chi connectivity index (χ4n) is 5.76. The highest BCUT2D eigenvalue weighted by Gasteiger charge is 2.27. The number of aliphatic carboxylic acids is 2. The van der Waals surface area contributed by atoms with E-state index in [0.29, 0.717) is 49.9 Å². The Hall–Kier alpha value is -5.84. The molecule has 0 aliphatic carbocycles. The van der Waals surface area contributed by atoms with Gasteiger partial charge in [0, 0.05) is 48.3 Å². The number of aromatic amines is 2. The minimum Gasteiger partial charge on any atom is -0.487 e. The quantitative estimate of drug-likeness (QED) is 0.106. The van der Waals surface area contributed by atoms with E-state index in [4.69, 9.17) is 44.2 Å². The highest BCUT2D eigenvalue weighted by molar-refractivity contribution is 6.18. The van der Waals surface area contributed by atoms with E-state index in [1.165, 1.54) is 6.92 Å². The molecule has 1 aliphatic heterocycles. The molecular weight excluding hydrogens is 748 g/mol. The number of methoxy groups -OCH3 is 1. The summed E-state index contributed by atoms with van der Waals surface area (Å²) in [7, 11) is 1.59. The molecule has 0 spiro atoms. The summed E-state index contributed by atoms with van der Waals surface area (Å²) in [5.74, 6) is -3.44. The summed E-state index contributed by atoms with van der Waals surface area (Å²) in [5, 5.41) is 31.6. The van der Waals surface area contributed by atoms with Crippen LogP contribution in [0.1, 0.15) is 67.3 Å². The fraction of sp³-hybridized carbons (Fsp3) is 0.429. The van der Waals surface area contributed by atoms with Crippen molar-refractivity contribution in [3.63, 3.8) is 0 Å². The van der Waals surface area contributed by atoms with Crippen molar-refractivity contribution >= 4 is 59.5 Å². The SMILES string of the molecule is COCCOCCOCCOc1cc2c(cc1OC(C)C(=O)NC(CC(=O)O)C(=O)O)N=CC/C(C)=C(/C)C(=N)/C=c1\[nH]/c(c(C)c1C)=C\c1[nH]c(c(C)c1C)C=N2. The number of fused-ring (bicyclic) bond motifs is 5. The van der Waals surface area contributed by atoms with Gasteiger partial charge in [-0.15, -0.1) is 0 Å². The zero-order chi connectivity index (χ0) is 42.5. The number of aliphatic imine (C=N–C) groups is 2. The summed E-state index contributed by atoms with van der Waals surface area (Å²) in [5.41, 5.74) is 8.70. The lowest BCUT2D eigenvalue weighted by Crippen LogP contribution is -2.47. The van der Waals surface area contributed by atoms with Crippen LogP contribution in [-0.4, -0.2) is 115 Å². The van der Waals surface area contributed by atoms with E-state index in [2.05, 4.69) is 28.3 Å². The highest BCUT2D eigenvalue weighted by atomic mass is 16.6. The summed E-state index contributed by atoms with van der Waals surface area (Å²) in [6.07, 6.45) is 5.62. The Bertz CT molecular complexity index is 2210. The number of carbonyl (C=O) groups excluding carboxylic acids is 1. The topological polar surface area (TPSA) is 230 Å². The van der Waals surface area contributed by atoms with Crippen LogP contribution in [0.3, 0.4) is 0 Å². The first-order valence-corrected chi connectivity index (χ1v) is 18.9. The molecule has 0 saturated carbocycles. The molecule has 3 heterocycles. The number of hydrogen-bond acceptors (Lipinski definition) is 11. The molecular formula is C42H54N6O10. The van der Waals surface area contributed by atoms with Gasteiger partial charge in [0.25, 0.3) is 5.91 Å². The number of aromatic nitrogens is 2. The predicted octanol–water partition coefficient (Wildman–Crippen LogP) is 4.27. The van der Waals surface area contributed by atoms with Gasteiger partial charge in [-0.25, -0.2) is 4.79 Å². The maximum atomic E-state index is 13.1. The zero-order valence-corrected chi connectivity index (χ0v) is 34.3. The molecule has 0 radical (unpaired) electrons. The Balaban J connectivity index is 1.78. The molecule has 2 unspecified atom stereocenters. The van der Waals surface area contributed by atoms with E-state index in [9.17, 15) is 19.5 Å². The summed E-state index contributed by atoms with van der Waals surface area (Å²) < 4.78 is 28.3. The number of carbonyl (C=O) groups is 3. The number of rotatable bonds is 17. The molecule has 312 valence electrons. The fourth-order valence-corrected chi connectivity index (χ4v) is 5.76. The number of allylic oxidation sites excluding steroid dienone is 2. The second kappa shape index (κ2) is 21.1. The molecule has 1 amide bonds. The number of nitrogens with one attached hydrogen (secondary N) is 4. The summed E-state index contributed by atoms with van der Waals surface area (Å²) in [6, 6.07) is 1.53. The number of carboxylic acids is 2. The number of nitrogens with zero attached hydrogens (tertiary/aromatic N) is 2. The average molecular weight is 803 g/mol. The maximum absolute atomic E-state index is 13.1. The van der Waals surface area contributed by atoms with Gasteiger partial charge in [0.2, 0.25) is 0 Å². The van der Waals surface area contributed by atoms with Crippen LogP contribution in [0.2, 0.25) is 0 Å². The van der Waals surface area contributed by atoms with Gasteiger partial charge in [-0.1, -0.05) is 5.57 Å². The van der Waals surface area contributed by atoms with Crippen LogP contribution in [0.5, 0.6) is 11.5 Å². The van der Waals surface area contributed by atoms with Gasteiger partial charge in [-0.2, -0.15) is 0 Å². The molecule has 0 fully saturated rings. The third-order valence-corrected chi connectivity index (χ3v) is 9.86. The van der Waals surface area contributed by atoms with Crippen molar-refractivity contribution in [2.24, 2.45) is 9.98 Å². The number of benzene rings is 1. The Kier molecular flexibility index (Phi) is 16.3. The van der Waals surface area contributed by atoms with E-state index < -0.39 is 36.4 Å². The Morgan fingerprint density at radius 1 is 0.810 bits per heavy atom. The van der Waals surface area contributed by atoms with Crippen LogP contribution in [0.25, 0.3) is 12.2 Å². The largest absolute Gasteiger partial charge is 0.487 e. The van der Waals surface area contributed by atoms with E-state index in [0.717, 1.165) is 55.5 Å². The number of hydrogen-bond donors (Lipinski definition) is 6. The molecule has 2 aromatic heterocycles. The highest BCUT2D eigenvalue weighted by Crippen LogP contribution is 2.41. The number of carboxylic acid groups (broad SMARTS) is 2. The average Bonchev–Trinajstić information content (AvgIpc) is 3.60. The lowest BCUT2D eigenvalue weighted by Gasteiger charge is -2.20.